The van der Waals surface area contributed by atoms with E-state index in [0.717, 1.165) is 0 Å². The molecule has 1 saturated heterocycles. The highest BCUT2D eigenvalue weighted by atomic mass is 32.3. The molecule has 1 fully saturated rings. The van der Waals surface area contributed by atoms with Crippen LogP contribution in [0, 0.1) is 6.92 Å². The second-order valence-electron chi connectivity index (χ2n) is 9.22. The summed E-state index contributed by atoms with van der Waals surface area (Å²) >= 11 is 0. The summed E-state index contributed by atoms with van der Waals surface area (Å²) in [7, 11) is -1.29. The fraction of sp³-hybridized carbons (Fsp3) is 0.800. The Hall–Kier alpha value is -0.385. The molecule has 0 amide bonds. The summed E-state index contributed by atoms with van der Waals surface area (Å²) in [5.74, 6) is 0. The summed E-state index contributed by atoms with van der Waals surface area (Å²) in [6, 6.07) is 0. The van der Waals surface area contributed by atoms with Crippen molar-refractivity contribution in [3.05, 3.63) is 18.0 Å². The number of hydrogen-bond donors (Lipinski definition) is 0. The first-order valence-electron chi connectivity index (χ1n) is 9.62. The topological polar surface area (TPSA) is 23.4 Å². The highest BCUT2D eigenvalue weighted by Crippen LogP contribution is 2.61. The van der Waals surface area contributed by atoms with E-state index in [1.54, 1.807) is 0 Å². The Kier molecular flexibility index (Phi) is 5.57. The van der Waals surface area contributed by atoms with E-state index in [1.165, 1.54) is 11.0 Å². The molecular formula is C20H38BNO2S. The molecule has 0 spiro atoms. The highest BCUT2D eigenvalue weighted by Gasteiger charge is 2.52. The van der Waals surface area contributed by atoms with Crippen LogP contribution in [0.1, 0.15) is 74.8 Å². The van der Waals surface area contributed by atoms with Crippen molar-refractivity contribution in [3.8, 4) is 0 Å². The lowest BCUT2D eigenvalue weighted by molar-refractivity contribution is 0.00578. The maximum Gasteiger partial charge on any atom is 0.496 e. The Balaban J connectivity index is 2.50. The van der Waals surface area contributed by atoms with Crippen LogP contribution in [0.2, 0.25) is 0 Å². The van der Waals surface area contributed by atoms with Crippen LogP contribution in [-0.2, 0) is 9.31 Å². The number of aromatic nitrogens is 1. The summed E-state index contributed by atoms with van der Waals surface area (Å²) in [5, 5.41) is 1.85. The Morgan fingerprint density at radius 2 is 1.24 bits per heavy atom. The van der Waals surface area contributed by atoms with Gasteiger partial charge in [0.2, 0.25) is 0 Å². The van der Waals surface area contributed by atoms with E-state index in [9.17, 15) is 0 Å². The molecule has 1 aromatic heterocycles. The molecule has 0 radical (unpaired) electrons. The van der Waals surface area contributed by atoms with E-state index in [4.69, 9.17) is 9.31 Å². The van der Waals surface area contributed by atoms with Gasteiger partial charge >= 0.3 is 7.12 Å². The van der Waals surface area contributed by atoms with Crippen LogP contribution in [0.4, 0.5) is 0 Å². The summed E-state index contributed by atoms with van der Waals surface area (Å²) in [4.78, 5) is 0. The smallest absolute Gasteiger partial charge is 0.399 e. The molecule has 0 unspecified atom stereocenters. The molecule has 1 aliphatic heterocycles. The van der Waals surface area contributed by atoms with Crippen LogP contribution in [-0.4, -0.2) is 38.0 Å². The van der Waals surface area contributed by atoms with Crippen LogP contribution >= 0.6 is 10.2 Å². The van der Waals surface area contributed by atoms with Crippen molar-refractivity contribution >= 4 is 22.8 Å². The van der Waals surface area contributed by atoms with Gasteiger partial charge in [-0.1, -0.05) is 41.5 Å². The first-order chi connectivity index (χ1) is 11.3. The van der Waals surface area contributed by atoms with Crippen LogP contribution < -0.4 is 5.46 Å². The van der Waals surface area contributed by atoms with Gasteiger partial charge in [0.25, 0.3) is 0 Å². The van der Waals surface area contributed by atoms with E-state index in [-0.39, 0.29) is 18.3 Å². The molecule has 1 aliphatic rings. The van der Waals surface area contributed by atoms with Crippen LogP contribution in [0.5, 0.6) is 0 Å². The monoisotopic (exact) mass is 367 g/mol. The molecule has 0 bridgehead atoms. The zero-order chi connectivity index (χ0) is 19.4. The van der Waals surface area contributed by atoms with E-state index in [1.807, 2.05) is 0 Å². The van der Waals surface area contributed by atoms with E-state index in [2.05, 4.69) is 92.5 Å². The van der Waals surface area contributed by atoms with Crippen LogP contribution in [0.15, 0.2) is 12.4 Å². The normalized spacial score (nSPS) is 21.0. The van der Waals surface area contributed by atoms with Gasteiger partial charge in [0.1, 0.15) is 0 Å². The standard InChI is InChI=1S/C20H38BNO2S/c1-14(2)25(15(3)4,16(5)6)22-12-17(7)18(13-22)21-23-19(8,9)20(10,11)24-21/h12-16H,1-11H3. The predicted molar refractivity (Wildman–Crippen MR) is 113 cm³/mol. The van der Waals surface area contributed by atoms with Gasteiger partial charge in [-0.3, -0.25) is 0 Å². The van der Waals surface area contributed by atoms with E-state index < -0.39 is 10.2 Å². The molecule has 3 nitrogen and oxygen atoms in total. The average molecular weight is 367 g/mol. The van der Waals surface area contributed by atoms with Crippen molar-refractivity contribution in [1.29, 1.82) is 0 Å². The summed E-state index contributed by atoms with van der Waals surface area (Å²) in [5.41, 5.74) is 1.84. The number of aryl methyl sites for hydroxylation is 1. The predicted octanol–water partition coefficient (Wildman–Crippen LogP) is 4.89. The summed E-state index contributed by atoms with van der Waals surface area (Å²) < 4.78 is 15.2. The second kappa shape index (κ2) is 6.65. The Labute approximate surface area is 157 Å². The first kappa shape index (κ1) is 20.9. The lowest BCUT2D eigenvalue weighted by Gasteiger charge is -2.52. The molecule has 0 aromatic carbocycles. The lowest BCUT2D eigenvalue weighted by atomic mass is 9.79. The van der Waals surface area contributed by atoms with Gasteiger partial charge in [0.05, 0.1) is 11.2 Å². The van der Waals surface area contributed by atoms with Gasteiger partial charge in [0.15, 0.2) is 0 Å². The Morgan fingerprint density at radius 3 is 1.60 bits per heavy atom. The molecule has 0 saturated carbocycles. The molecule has 25 heavy (non-hydrogen) atoms. The third-order valence-corrected chi connectivity index (χ3v) is 11.7. The van der Waals surface area contributed by atoms with Gasteiger partial charge in [-0.2, -0.15) is 10.2 Å². The lowest BCUT2D eigenvalue weighted by Crippen LogP contribution is -2.41. The molecule has 0 N–H and O–H groups in total. The maximum absolute atomic E-state index is 6.31. The fourth-order valence-corrected chi connectivity index (χ4v) is 9.67. The third-order valence-electron chi connectivity index (χ3n) is 6.18. The molecule has 1 aromatic rings. The largest absolute Gasteiger partial charge is 0.496 e. The van der Waals surface area contributed by atoms with Crippen molar-refractivity contribution in [2.75, 3.05) is 0 Å². The maximum atomic E-state index is 6.31. The number of rotatable bonds is 5. The minimum absolute atomic E-state index is 0.283. The van der Waals surface area contributed by atoms with Gasteiger partial charge in [-0.15, -0.1) is 0 Å². The SMILES string of the molecule is Cc1cn(S(C(C)C)(C(C)C)C(C)C)cc1B1OC(C)(C)C(C)(C)O1. The van der Waals surface area contributed by atoms with E-state index >= 15 is 0 Å². The zero-order valence-electron chi connectivity index (χ0n) is 18.1. The van der Waals surface area contributed by atoms with Crippen molar-refractivity contribution in [2.24, 2.45) is 0 Å². The Morgan fingerprint density at radius 1 is 0.840 bits per heavy atom. The van der Waals surface area contributed by atoms with Crippen LogP contribution in [0.25, 0.3) is 0 Å². The van der Waals surface area contributed by atoms with Crippen molar-refractivity contribution in [2.45, 2.75) is 103 Å². The summed E-state index contributed by atoms with van der Waals surface area (Å²) in [6.07, 6.45) is 4.64. The van der Waals surface area contributed by atoms with Gasteiger partial charge in [-0.05, 0) is 40.2 Å². The van der Waals surface area contributed by atoms with Crippen molar-refractivity contribution in [3.63, 3.8) is 0 Å². The summed E-state index contributed by atoms with van der Waals surface area (Å²) in [6.45, 7) is 24.9. The molecule has 0 atom stereocenters. The minimum Gasteiger partial charge on any atom is -0.399 e. The molecule has 0 aliphatic carbocycles. The molecule has 2 rings (SSSR count). The van der Waals surface area contributed by atoms with Crippen LogP contribution in [0.3, 0.4) is 0 Å². The fourth-order valence-electron chi connectivity index (χ4n) is 4.30. The van der Waals surface area contributed by atoms with Crippen molar-refractivity contribution in [1.82, 2.24) is 3.97 Å². The molecule has 2 heterocycles. The number of nitrogens with zero attached hydrogens (tertiary/aromatic N) is 1. The first-order valence-corrected chi connectivity index (χ1v) is 11.4. The second-order valence-corrected chi connectivity index (χ2v) is 13.9. The van der Waals surface area contributed by atoms with E-state index in [0.29, 0.717) is 15.7 Å². The molecule has 144 valence electrons. The number of hydrogen-bond acceptors (Lipinski definition) is 2. The Bertz CT molecular complexity index is 581. The highest BCUT2D eigenvalue weighted by molar-refractivity contribution is 8.33. The quantitative estimate of drug-likeness (QED) is 0.692. The minimum atomic E-state index is -1.01. The van der Waals surface area contributed by atoms with Gasteiger partial charge in [0, 0.05) is 33.6 Å². The van der Waals surface area contributed by atoms with Crippen molar-refractivity contribution < 1.29 is 9.31 Å². The van der Waals surface area contributed by atoms with Gasteiger partial charge < -0.3 is 13.3 Å². The van der Waals surface area contributed by atoms with Gasteiger partial charge in [-0.25, -0.2) is 0 Å². The average Bonchev–Trinajstić information content (AvgIpc) is 2.87. The zero-order valence-corrected chi connectivity index (χ0v) is 19.0. The molecular weight excluding hydrogens is 329 g/mol. The third kappa shape index (κ3) is 3.21. The molecule has 5 heteroatoms.